The lowest BCUT2D eigenvalue weighted by atomic mass is 9.95. The molecule has 7 heteroatoms. The van der Waals surface area contributed by atoms with E-state index in [1.54, 1.807) is 0 Å². The molecule has 162 valence electrons. The van der Waals surface area contributed by atoms with Crippen molar-refractivity contribution in [2.75, 3.05) is 13.4 Å². The molecule has 3 aromatic rings. The van der Waals surface area contributed by atoms with Crippen molar-refractivity contribution in [3.8, 4) is 23.0 Å². The molecule has 0 N–H and O–H groups in total. The molecule has 3 aromatic carbocycles. The van der Waals surface area contributed by atoms with Gasteiger partial charge in [0, 0.05) is 22.6 Å². The molecule has 0 fully saturated rings. The van der Waals surface area contributed by atoms with Crippen molar-refractivity contribution >= 4 is 17.3 Å². The zero-order valence-corrected chi connectivity index (χ0v) is 18.2. The average Bonchev–Trinajstić information content (AvgIpc) is 3.46. The molecule has 0 saturated heterocycles. The maximum atomic E-state index is 6.47. The molecule has 3 aliphatic heterocycles. The smallest absolute Gasteiger partial charge is 0.231 e. The minimum Gasteiger partial charge on any atom is -0.493 e. The van der Waals surface area contributed by atoms with Gasteiger partial charge in [-0.1, -0.05) is 23.7 Å². The minimum absolute atomic E-state index is 0.00226. The lowest BCUT2D eigenvalue weighted by Crippen LogP contribution is -2.34. The summed E-state index contributed by atoms with van der Waals surface area (Å²) in [5.41, 5.74) is 3.94. The van der Waals surface area contributed by atoms with Crippen LogP contribution < -0.4 is 18.9 Å². The predicted octanol–water partition coefficient (Wildman–Crippen LogP) is 5.71. The van der Waals surface area contributed by atoms with E-state index in [0.717, 1.165) is 51.8 Å². The summed E-state index contributed by atoms with van der Waals surface area (Å²) in [6.07, 6.45) is 0.312. The van der Waals surface area contributed by atoms with Crippen LogP contribution in [-0.2, 0) is 0 Å². The number of nitrogens with zero attached hydrogens (tertiary/aromatic N) is 2. The van der Waals surface area contributed by atoms with Gasteiger partial charge in [0.2, 0.25) is 13.0 Å². The van der Waals surface area contributed by atoms with Gasteiger partial charge in [-0.3, -0.25) is 0 Å². The lowest BCUT2D eigenvalue weighted by molar-refractivity contribution is -0.0205. The average molecular weight is 449 g/mol. The van der Waals surface area contributed by atoms with Gasteiger partial charge in [-0.05, 0) is 55.5 Å². The Hall–Kier alpha value is -3.38. The Labute approximate surface area is 190 Å². The Bertz CT molecular complexity index is 1230. The van der Waals surface area contributed by atoms with Crippen molar-refractivity contribution in [3.05, 3.63) is 82.4 Å². The Morgan fingerprint density at radius 2 is 1.84 bits per heavy atom. The van der Waals surface area contributed by atoms with Crippen LogP contribution in [0.2, 0.25) is 5.02 Å². The maximum Gasteiger partial charge on any atom is 0.231 e. The molecule has 0 saturated carbocycles. The van der Waals surface area contributed by atoms with E-state index in [0.29, 0.717) is 11.6 Å². The molecule has 0 radical (unpaired) electrons. The normalized spacial score (nSPS) is 20.3. The number of benzene rings is 3. The van der Waals surface area contributed by atoms with E-state index < -0.39 is 6.23 Å². The molecule has 0 unspecified atom stereocenters. The summed E-state index contributed by atoms with van der Waals surface area (Å²) >= 11 is 6.34. The highest BCUT2D eigenvalue weighted by atomic mass is 35.5. The molecule has 32 heavy (non-hydrogen) atoms. The third-order valence-corrected chi connectivity index (χ3v) is 6.18. The van der Waals surface area contributed by atoms with Crippen molar-refractivity contribution in [1.29, 1.82) is 0 Å². The molecule has 6 nitrogen and oxygen atoms in total. The summed E-state index contributed by atoms with van der Waals surface area (Å²) < 4.78 is 23.4. The van der Waals surface area contributed by atoms with Crippen LogP contribution in [0, 0.1) is 0 Å². The SMILES string of the molecule is CCOc1ccccc1[C@H]1Oc2ccc(Cl)cc2[C@@H]2CC(c3ccc4c(c3)OCO4)=NN12. The van der Waals surface area contributed by atoms with Crippen LogP contribution in [0.5, 0.6) is 23.0 Å². The molecule has 3 heterocycles. The lowest BCUT2D eigenvalue weighted by Gasteiger charge is -2.38. The largest absolute Gasteiger partial charge is 0.493 e. The highest BCUT2D eigenvalue weighted by Crippen LogP contribution is 2.49. The summed E-state index contributed by atoms with van der Waals surface area (Å²) in [4.78, 5) is 0. The molecule has 6 rings (SSSR count). The Morgan fingerprint density at radius 1 is 1.00 bits per heavy atom. The van der Waals surface area contributed by atoms with E-state index in [-0.39, 0.29) is 12.8 Å². The van der Waals surface area contributed by atoms with Gasteiger partial charge >= 0.3 is 0 Å². The van der Waals surface area contributed by atoms with Gasteiger partial charge in [-0.2, -0.15) is 5.10 Å². The van der Waals surface area contributed by atoms with E-state index in [1.165, 1.54) is 0 Å². The first-order chi connectivity index (χ1) is 15.7. The summed E-state index contributed by atoms with van der Waals surface area (Å²) in [5.74, 6) is 3.11. The number of rotatable bonds is 4. The minimum atomic E-state index is -0.414. The molecule has 0 amide bonds. The summed E-state index contributed by atoms with van der Waals surface area (Å²) in [5, 5.41) is 7.73. The van der Waals surface area contributed by atoms with E-state index in [1.807, 2.05) is 72.6 Å². The van der Waals surface area contributed by atoms with Crippen LogP contribution in [0.15, 0.2) is 65.8 Å². The monoisotopic (exact) mass is 448 g/mol. The predicted molar refractivity (Wildman–Crippen MR) is 121 cm³/mol. The van der Waals surface area contributed by atoms with E-state index in [2.05, 4.69) is 0 Å². The van der Waals surface area contributed by atoms with E-state index >= 15 is 0 Å². The fourth-order valence-electron chi connectivity index (χ4n) is 4.49. The number of halogens is 1. The van der Waals surface area contributed by atoms with Crippen molar-refractivity contribution in [1.82, 2.24) is 5.01 Å². The van der Waals surface area contributed by atoms with Gasteiger partial charge in [-0.25, -0.2) is 5.01 Å². The van der Waals surface area contributed by atoms with Gasteiger partial charge in [0.15, 0.2) is 11.5 Å². The molecule has 0 spiro atoms. The van der Waals surface area contributed by atoms with Gasteiger partial charge in [0.1, 0.15) is 11.5 Å². The first-order valence-corrected chi connectivity index (χ1v) is 11.0. The highest BCUT2D eigenvalue weighted by molar-refractivity contribution is 6.30. The Kier molecular flexibility index (Phi) is 4.61. The number of hydrazone groups is 1. The number of hydrogen-bond acceptors (Lipinski definition) is 6. The molecule has 0 aliphatic carbocycles. The third kappa shape index (κ3) is 3.14. The maximum absolute atomic E-state index is 6.47. The van der Waals surface area contributed by atoms with Crippen LogP contribution in [0.4, 0.5) is 0 Å². The topological polar surface area (TPSA) is 52.5 Å². The summed E-state index contributed by atoms with van der Waals surface area (Å²) in [7, 11) is 0. The third-order valence-electron chi connectivity index (χ3n) is 5.94. The molecular formula is C25H21ClN2O4. The van der Waals surface area contributed by atoms with Crippen LogP contribution in [-0.4, -0.2) is 24.1 Å². The van der Waals surface area contributed by atoms with Gasteiger partial charge in [-0.15, -0.1) is 0 Å². The second kappa shape index (κ2) is 7.64. The number of para-hydroxylation sites is 1. The molecular weight excluding hydrogens is 428 g/mol. The fraction of sp³-hybridized carbons (Fsp3) is 0.240. The van der Waals surface area contributed by atoms with Crippen molar-refractivity contribution < 1.29 is 18.9 Å². The highest BCUT2D eigenvalue weighted by Gasteiger charge is 2.42. The molecule has 0 aromatic heterocycles. The van der Waals surface area contributed by atoms with Crippen LogP contribution in [0.25, 0.3) is 0 Å². The van der Waals surface area contributed by atoms with Gasteiger partial charge < -0.3 is 18.9 Å². The van der Waals surface area contributed by atoms with Crippen molar-refractivity contribution in [2.24, 2.45) is 5.10 Å². The van der Waals surface area contributed by atoms with Gasteiger partial charge in [0.25, 0.3) is 0 Å². The zero-order chi connectivity index (χ0) is 21.7. The molecule has 0 bridgehead atoms. The van der Waals surface area contributed by atoms with Crippen LogP contribution in [0.3, 0.4) is 0 Å². The first kappa shape index (κ1) is 19.3. The van der Waals surface area contributed by atoms with Crippen molar-refractivity contribution in [2.45, 2.75) is 25.6 Å². The van der Waals surface area contributed by atoms with Crippen LogP contribution in [0.1, 0.15) is 42.3 Å². The standard InChI is InChI=1S/C25H21ClN2O4/c1-2-29-21-6-4-3-5-17(21)25-28-20(18-12-16(26)8-10-22(18)32-25)13-19(27-28)15-7-9-23-24(11-15)31-14-30-23/h3-12,20,25H,2,13-14H2,1H3/t20-,25+/m0/s1. The summed E-state index contributed by atoms with van der Waals surface area (Å²) in [6.45, 7) is 2.80. The quantitative estimate of drug-likeness (QED) is 0.511. The Morgan fingerprint density at radius 3 is 2.75 bits per heavy atom. The number of fused-ring (bicyclic) bond motifs is 4. The van der Waals surface area contributed by atoms with E-state index in [9.17, 15) is 0 Å². The molecule has 3 aliphatic rings. The second-order valence-corrected chi connectivity index (χ2v) is 8.27. The zero-order valence-electron chi connectivity index (χ0n) is 17.5. The number of hydrogen-bond donors (Lipinski definition) is 0. The Balaban J connectivity index is 1.45. The van der Waals surface area contributed by atoms with E-state index in [4.69, 9.17) is 35.6 Å². The molecule has 2 atom stereocenters. The summed E-state index contributed by atoms with van der Waals surface area (Å²) in [6, 6.07) is 19.7. The number of ether oxygens (including phenoxy) is 4. The van der Waals surface area contributed by atoms with Gasteiger partial charge in [0.05, 0.1) is 23.9 Å². The fourth-order valence-corrected chi connectivity index (χ4v) is 4.67. The first-order valence-electron chi connectivity index (χ1n) is 10.6. The second-order valence-electron chi connectivity index (χ2n) is 7.84. The van der Waals surface area contributed by atoms with Crippen LogP contribution >= 0.6 is 11.6 Å². The van der Waals surface area contributed by atoms with Crippen molar-refractivity contribution in [3.63, 3.8) is 0 Å².